The summed E-state index contributed by atoms with van der Waals surface area (Å²) in [5, 5.41) is 11.3. The Hall–Kier alpha value is -1.26. The van der Waals surface area contributed by atoms with Crippen molar-refractivity contribution in [2.45, 2.75) is 0 Å². The van der Waals surface area contributed by atoms with E-state index in [1.54, 1.807) is 16.7 Å². The second-order valence-electron chi connectivity index (χ2n) is 4.35. The first-order valence-electron chi connectivity index (χ1n) is 6.03. The van der Waals surface area contributed by atoms with Crippen molar-refractivity contribution in [1.29, 1.82) is 5.41 Å². The van der Waals surface area contributed by atoms with Crippen LogP contribution in [0.25, 0.3) is 16.9 Å². The Kier molecular flexibility index (Phi) is 4.09. The molecule has 21 heavy (non-hydrogen) atoms. The monoisotopic (exact) mass is 354 g/mol. The molecular weight excluding hydrogens is 347 g/mol. The molecule has 1 N–H and O–H groups in total. The normalized spacial score (nSPS) is 10.8. The van der Waals surface area contributed by atoms with Gasteiger partial charge in [-0.3, -0.25) is 9.98 Å². The van der Waals surface area contributed by atoms with Gasteiger partial charge in [0.15, 0.2) is 4.80 Å². The SMILES string of the molecule is N=c1scc(-c2ccccc2)n1-c1cc(Cl)c(Cl)cc1Cl. The molecule has 0 bridgehead atoms. The Labute approximate surface area is 140 Å². The average molecular weight is 356 g/mol. The van der Waals surface area contributed by atoms with Crippen LogP contribution in [0.1, 0.15) is 0 Å². The second kappa shape index (κ2) is 5.85. The summed E-state index contributed by atoms with van der Waals surface area (Å²) in [6, 6.07) is 13.1. The number of nitrogens with zero attached hydrogens (tertiary/aromatic N) is 1. The maximum atomic E-state index is 8.15. The topological polar surface area (TPSA) is 28.8 Å². The van der Waals surface area contributed by atoms with Crippen LogP contribution in [0.4, 0.5) is 0 Å². The number of hydrogen-bond donors (Lipinski definition) is 1. The van der Waals surface area contributed by atoms with Gasteiger partial charge in [0, 0.05) is 5.38 Å². The summed E-state index contributed by atoms with van der Waals surface area (Å²) in [5.74, 6) is 0. The molecule has 0 saturated carbocycles. The Morgan fingerprint density at radius 3 is 2.29 bits per heavy atom. The zero-order chi connectivity index (χ0) is 15.0. The predicted octanol–water partition coefficient (Wildman–Crippen LogP) is 5.65. The van der Waals surface area contributed by atoms with Gasteiger partial charge in [-0.05, 0) is 17.7 Å². The summed E-state index contributed by atoms with van der Waals surface area (Å²) in [5.41, 5.74) is 2.55. The standard InChI is InChI=1S/C15H9Cl3N2S/c16-10-6-12(18)13(7-11(10)17)20-14(8-21-15(20)19)9-4-2-1-3-5-9/h1-8,19H. The van der Waals surface area contributed by atoms with Crippen molar-refractivity contribution in [2.75, 3.05) is 0 Å². The molecule has 0 aliphatic rings. The Bertz CT molecular complexity index is 853. The summed E-state index contributed by atoms with van der Waals surface area (Å²) >= 11 is 19.7. The molecule has 0 fully saturated rings. The van der Waals surface area contributed by atoms with Crippen LogP contribution in [0, 0.1) is 5.41 Å². The molecule has 106 valence electrons. The van der Waals surface area contributed by atoms with Crippen LogP contribution in [-0.4, -0.2) is 4.57 Å². The average Bonchev–Trinajstić information content (AvgIpc) is 2.85. The summed E-state index contributed by atoms with van der Waals surface area (Å²) in [7, 11) is 0. The van der Waals surface area contributed by atoms with Crippen LogP contribution in [0.5, 0.6) is 0 Å². The first-order valence-corrected chi connectivity index (χ1v) is 8.05. The van der Waals surface area contributed by atoms with E-state index in [-0.39, 0.29) is 0 Å². The van der Waals surface area contributed by atoms with E-state index < -0.39 is 0 Å². The van der Waals surface area contributed by atoms with E-state index in [1.165, 1.54) is 11.3 Å². The highest BCUT2D eigenvalue weighted by Crippen LogP contribution is 2.33. The largest absolute Gasteiger partial charge is 0.284 e. The molecule has 0 spiro atoms. The lowest BCUT2D eigenvalue weighted by Gasteiger charge is -2.12. The quantitative estimate of drug-likeness (QED) is 0.576. The highest BCUT2D eigenvalue weighted by molar-refractivity contribution is 7.07. The molecule has 0 saturated heterocycles. The summed E-state index contributed by atoms with van der Waals surface area (Å²) in [6.45, 7) is 0. The Morgan fingerprint density at radius 1 is 0.905 bits per heavy atom. The minimum absolute atomic E-state index is 0.370. The third kappa shape index (κ3) is 2.74. The minimum atomic E-state index is 0.370. The molecule has 0 unspecified atom stereocenters. The zero-order valence-corrected chi connectivity index (χ0v) is 13.7. The van der Waals surface area contributed by atoms with Crippen molar-refractivity contribution in [3.63, 3.8) is 0 Å². The molecule has 1 aromatic heterocycles. The van der Waals surface area contributed by atoms with Crippen LogP contribution in [0.2, 0.25) is 15.1 Å². The van der Waals surface area contributed by atoms with E-state index >= 15 is 0 Å². The lowest BCUT2D eigenvalue weighted by atomic mass is 10.1. The van der Waals surface area contributed by atoms with Gasteiger partial charge in [-0.25, -0.2) is 0 Å². The molecule has 0 aliphatic heterocycles. The fourth-order valence-electron chi connectivity index (χ4n) is 2.06. The molecule has 3 rings (SSSR count). The molecule has 1 heterocycles. The highest BCUT2D eigenvalue weighted by atomic mass is 35.5. The van der Waals surface area contributed by atoms with Crippen LogP contribution in [-0.2, 0) is 0 Å². The number of nitrogens with one attached hydrogen (secondary N) is 1. The van der Waals surface area contributed by atoms with Crippen LogP contribution >= 0.6 is 46.1 Å². The van der Waals surface area contributed by atoms with E-state index in [2.05, 4.69) is 0 Å². The molecule has 0 aliphatic carbocycles. The number of halogens is 3. The van der Waals surface area contributed by atoms with Crippen LogP contribution in [0.3, 0.4) is 0 Å². The van der Waals surface area contributed by atoms with Crippen LogP contribution in [0.15, 0.2) is 47.8 Å². The lowest BCUT2D eigenvalue weighted by Crippen LogP contribution is -2.12. The van der Waals surface area contributed by atoms with Crippen molar-refractivity contribution >= 4 is 46.1 Å². The van der Waals surface area contributed by atoms with Crippen molar-refractivity contribution in [1.82, 2.24) is 4.57 Å². The number of aromatic nitrogens is 1. The number of hydrogen-bond acceptors (Lipinski definition) is 2. The fourth-order valence-corrected chi connectivity index (χ4v) is 3.45. The van der Waals surface area contributed by atoms with Crippen molar-refractivity contribution in [3.05, 3.63) is 67.7 Å². The Morgan fingerprint density at radius 2 is 1.57 bits per heavy atom. The maximum absolute atomic E-state index is 8.15. The highest BCUT2D eigenvalue weighted by Gasteiger charge is 2.14. The van der Waals surface area contributed by atoms with Crippen molar-refractivity contribution in [2.24, 2.45) is 0 Å². The first-order chi connectivity index (χ1) is 10.1. The van der Waals surface area contributed by atoms with Gasteiger partial charge in [0.2, 0.25) is 0 Å². The molecule has 2 nitrogen and oxygen atoms in total. The van der Waals surface area contributed by atoms with Gasteiger partial charge in [-0.15, -0.1) is 11.3 Å². The lowest BCUT2D eigenvalue weighted by molar-refractivity contribution is 0.987. The zero-order valence-electron chi connectivity index (χ0n) is 10.6. The number of thiazole rings is 1. The molecule has 0 atom stereocenters. The second-order valence-corrected chi connectivity index (χ2v) is 6.42. The van der Waals surface area contributed by atoms with E-state index in [0.29, 0.717) is 25.6 Å². The van der Waals surface area contributed by atoms with Crippen molar-refractivity contribution < 1.29 is 0 Å². The molecule has 0 radical (unpaired) electrons. The minimum Gasteiger partial charge on any atom is -0.284 e. The van der Waals surface area contributed by atoms with Gasteiger partial charge >= 0.3 is 0 Å². The molecule has 3 aromatic rings. The van der Waals surface area contributed by atoms with Gasteiger partial charge < -0.3 is 0 Å². The summed E-state index contributed by atoms with van der Waals surface area (Å²) in [4.78, 5) is 0.370. The number of rotatable bonds is 2. The Balaban J connectivity index is 2.27. The van der Waals surface area contributed by atoms with Crippen LogP contribution < -0.4 is 4.80 Å². The van der Waals surface area contributed by atoms with Gasteiger partial charge in [0.25, 0.3) is 0 Å². The summed E-state index contributed by atoms with van der Waals surface area (Å²) < 4.78 is 1.77. The van der Waals surface area contributed by atoms with E-state index in [1.807, 2.05) is 35.7 Å². The van der Waals surface area contributed by atoms with E-state index in [0.717, 1.165) is 11.3 Å². The molecule has 6 heteroatoms. The van der Waals surface area contributed by atoms with Gasteiger partial charge in [0.1, 0.15) is 0 Å². The molecule has 0 amide bonds. The van der Waals surface area contributed by atoms with E-state index in [9.17, 15) is 0 Å². The number of benzene rings is 2. The van der Waals surface area contributed by atoms with Gasteiger partial charge in [-0.2, -0.15) is 0 Å². The van der Waals surface area contributed by atoms with E-state index in [4.69, 9.17) is 40.2 Å². The van der Waals surface area contributed by atoms with Gasteiger partial charge in [-0.1, -0.05) is 65.1 Å². The first kappa shape index (κ1) is 14.7. The fraction of sp³-hybridized carbons (Fsp3) is 0. The molecule has 2 aromatic carbocycles. The summed E-state index contributed by atoms with van der Waals surface area (Å²) in [6.07, 6.45) is 0. The molecular formula is C15H9Cl3N2S. The third-order valence-electron chi connectivity index (χ3n) is 3.03. The third-order valence-corrected chi connectivity index (χ3v) is 4.80. The maximum Gasteiger partial charge on any atom is 0.187 e. The van der Waals surface area contributed by atoms with Gasteiger partial charge in [0.05, 0.1) is 26.4 Å². The smallest absolute Gasteiger partial charge is 0.187 e. The predicted molar refractivity (Wildman–Crippen MR) is 90.0 cm³/mol. The van der Waals surface area contributed by atoms with Crippen molar-refractivity contribution in [3.8, 4) is 16.9 Å².